The smallest absolute Gasteiger partial charge is 0.281 e. The van der Waals surface area contributed by atoms with E-state index in [1.165, 1.54) is 23.5 Å². The van der Waals surface area contributed by atoms with Crippen LogP contribution < -0.4 is 4.80 Å². The molecule has 1 heterocycles. The lowest BCUT2D eigenvalue weighted by atomic mass is 10.1. The van der Waals surface area contributed by atoms with E-state index in [-0.39, 0.29) is 16.3 Å². The number of hydrogen-bond donors (Lipinski definition) is 0. The minimum absolute atomic E-state index is 0.0150. The molecule has 6 nitrogen and oxygen atoms in total. The third-order valence-electron chi connectivity index (χ3n) is 3.83. The molecule has 0 saturated carbocycles. The summed E-state index contributed by atoms with van der Waals surface area (Å²) in [6.45, 7) is 4.02. The van der Waals surface area contributed by atoms with E-state index in [0.717, 1.165) is 27.4 Å². The van der Waals surface area contributed by atoms with Crippen LogP contribution in [0.1, 0.15) is 21.5 Å². The Kier molecular flexibility index (Phi) is 4.45. The molecule has 0 radical (unpaired) electrons. The van der Waals surface area contributed by atoms with Gasteiger partial charge in [0.1, 0.15) is 0 Å². The van der Waals surface area contributed by atoms with Crippen molar-refractivity contribution in [2.24, 2.45) is 12.0 Å². The number of benzene rings is 2. The number of fused-ring (bicyclic) bond motifs is 1. The Hall–Kier alpha value is -2.51. The maximum absolute atomic E-state index is 12.5. The molecule has 0 saturated heterocycles. The first-order valence-electron chi connectivity index (χ1n) is 7.37. The van der Waals surface area contributed by atoms with Crippen LogP contribution in [0.2, 0.25) is 5.02 Å². The highest BCUT2D eigenvalue weighted by Gasteiger charge is 2.16. The van der Waals surface area contributed by atoms with Crippen LogP contribution in [-0.4, -0.2) is 15.4 Å². The summed E-state index contributed by atoms with van der Waals surface area (Å²) in [5.74, 6) is -0.606. The molecule has 2 aromatic carbocycles. The second-order valence-corrected chi connectivity index (χ2v) is 7.10. The first-order valence-corrected chi connectivity index (χ1v) is 8.57. The van der Waals surface area contributed by atoms with E-state index in [2.05, 4.69) is 11.1 Å². The van der Waals surface area contributed by atoms with E-state index in [1.54, 1.807) is 0 Å². The van der Waals surface area contributed by atoms with E-state index in [1.807, 2.05) is 31.5 Å². The fourth-order valence-corrected chi connectivity index (χ4v) is 3.88. The molecule has 25 heavy (non-hydrogen) atoms. The second-order valence-electron chi connectivity index (χ2n) is 5.71. The Balaban J connectivity index is 2.16. The number of rotatable bonds is 2. The van der Waals surface area contributed by atoms with Crippen molar-refractivity contribution in [1.29, 1.82) is 0 Å². The predicted molar refractivity (Wildman–Crippen MR) is 98.3 cm³/mol. The topological polar surface area (TPSA) is 77.5 Å². The van der Waals surface area contributed by atoms with Gasteiger partial charge >= 0.3 is 0 Å². The minimum Gasteiger partial charge on any atom is -0.319 e. The van der Waals surface area contributed by atoms with Crippen molar-refractivity contribution in [2.45, 2.75) is 13.8 Å². The van der Waals surface area contributed by atoms with Crippen LogP contribution in [0.25, 0.3) is 10.2 Å². The standard InChI is InChI=1S/C17H14ClN3O3S/c1-9-6-10(2)15-14(7-9)20(3)17(25-15)19-16(22)12-8-11(21(23)24)4-5-13(12)18/h4-8H,1-3H3. The Morgan fingerprint density at radius 1 is 1.28 bits per heavy atom. The predicted octanol–water partition coefficient (Wildman–Crippen LogP) is 4.16. The number of halogens is 1. The lowest BCUT2D eigenvalue weighted by Crippen LogP contribution is -2.13. The van der Waals surface area contributed by atoms with Gasteiger partial charge in [-0.15, -0.1) is 0 Å². The average molecular weight is 376 g/mol. The van der Waals surface area contributed by atoms with Crippen LogP contribution in [0.5, 0.6) is 0 Å². The fraction of sp³-hybridized carbons (Fsp3) is 0.176. The Bertz CT molecular complexity index is 1100. The van der Waals surface area contributed by atoms with Crippen molar-refractivity contribution in [2.75, 3.05) is 0 Å². The molecular weight excluding hydrogens is 362 g/mol. The van der Waals surface area contributed by atoms with Crippen LogP contribution in [-0.2, 0) is 7.05 Å². The quantitative estimate of drug-likeness (QED) is 0.498. The number of hydrogen-bond acceptors (Lipinski definition) is 4. The largest absolute Gasteiger partial charge is 0.319 e. The van der Waals surface area contributed by atoms with Gasteiger partial charge in [-0.1, -0.05) is 29.0 Å². The van der Waals surface area contributed by atoms with Crippen molar-refractivity contribution in [3.63, 3.8) is 0 Å². The summed E-state index contributed by atoms with van der Waals surface area (Å²) >= 11 is 7.42. The van der Waals surface area contributed by atoms with Crippen LogP contribution in [0.15, 0.2) is 35.3 Å². The Labute approximate surface area is 152 Å². The number of nitrogens with zero attached hydrogens (tertiary/aromatic N) is 3. The number of nitro groups is 1. The first kappa shape index (κ1) is 17.3. The number of non-ortho nitro benzene ring substituents is 1. The Morgan fingerprint density at radius 3 is 2.68 bits per heavy atom. The Morgan fingerprint density at radius 2 is 2.00 bits per heavy atom. The highest BCUT2D eigenvalue weighted by atomic mass is 35.5. The van der Waals surface area contributed by atoms with Gasteiger partial charge in [-0.2, -0.15) is 4.99 Å². The van der Waals surface area contributed by atoms with Crippen LogP contribution in [0.3, 0.4) is 0 Å². The number of aromatic nitrogens is 1. The molecule has 0 aliphatic rings. The molecular formula is C17H14ClN3O3S. The van der Waals surface area contributed by atoms with E-state index < -0.39 is 10.8 Å². The van der Waals surface area contributed by atoms with Crippen molar-refractivity contribution >= 4 is 44.7 Å². The first-order chi connectivity index (χ1) is 11.8. The molecule has 0 unspecified atom stereocenters. The van der Waals surface area contributed by atoms with Crippen molar-refractivity contribution in [3.8, 4) is 0 Å². The van der Waals surface area contributed by atoms with Gasteiger partial charge < -0.3 is 4.57 Å². The zero-order valence-corrected chi connectivity index (χ0v) is 15.3. The van der Waals surface area contributed by atoms with E-state index >= 15 is 0 Å². The summed E-state index contributed by atoms with van der Waals surface area (Å²) in [5, 5.41) is 11.0. The van der Waals surface area contributed by atoms with Crippen LogP contribution >= 0.6 is 22.9 Å². The fourth-order valence-electron chi connectivity index (χ4n) is 2.61. The molecule has 0 aliphatic carbocycles. The molecule has 8 heteroatoms. The van der Waals surface area contributed by atoms with Crippen molar-refractivity contribution in [3.05, 3.63) is 67.0 Å². The molecule has 3 rings (SSSR count). The van der Waals surface area contributed by atoms with E-state index in [9.17, 15) is 14.9 Å². The highest BCUT2D eigenvalue weighted by molar-refractivity contribution is 7.16. The summed E-state index contributed by atoms with van der Waals surface area (Å²) in [7, 11) is 1.83. The van der Waals surface area contributed by atoms with Crippen molar-refractivity contribution in [1.82, 2.24) is 4.57 Å². The molecule has 0 aliphatic heterocycles. The van der Waals surface area contributed by atoms with Crippen LogP contribution in [0.4, 0.5) is 5.69 Å². The summed E-state index contributed by atoms with van der Waals surface area (Å²) < 4.78 is 2.88. The molecule has 0 atom stereocenters. The van der Waals surface area contributed by atoms with Gasteiger partial charge in [0.15, 0.2) is 4.80 Å². The summed E-state index contributed by atoms with van der Waals surface area (Å²) in [4.78, 5) is 27.5. The van der Waals surface area contributed by atoms with Crippen LogP contribution in [0, 0.1) is 24.0 Å². The number of amides is 1. The normalized spacial score (nSPS) is 11.9. The van der Waals surface area contributed by atoms with Gasteiger partial charge in [-0.05, 0) is 37.1 Å². The van der Waals surface area contributed by atoms with Gasteiger partial charge in [0.25, 0.3) is 11.6 Å². The lowest BCUT2D eigenvalue weighted by Gasteiger charge is -2.01. The van der Waals surface area contributed by atoms with Crippen molar-refractivity contribution < 1.29 is 9.72 Å². The number of nitro benzene ring substituents is 1. The third-order valence-corrected chi connectivity index (χ3v) is 5.44. The number of aryl methyl sites for hydroxylation is 3. The maximum atomic E-state index is 12.5. The molecule has 1 aromatic heterocycles. The average Bonchev–Trinajstić information content (AvgIpc) is 2.84. The zero-order valence-electron chi connectivity index (χ0n) is 13.7. The maximum Gasteiger partial charge on any atom is 0.281 e. The monoisotopic (exact) mass is 375 g/mol. The molecule has 0 N–H and O–H groups in total. The molecule has 1 amide bonds. The molecule has 0 fully saturated rings. The van der Waals surface area contributed by atoms with E-state index in [4.69, 9.17) is 11.6 Å². The van der Waals surface area contributed by atoms with Gasteiger partial charge in [0.2, 0.25) is 0 Å². The van der Waals surface area contributed by atoms with Gasteiger partial charge in [-0.3, -0.25) is 14.9 Å². The van der Waals surface area contributed by atoms with Gasteiger partial charge in [0.05, 0.1) is 25.7 Å². The highest BCUT2D eigenvalue weighted by Crippen LogP contribution is 2.24. The number of carbonyl (C=O) groups is 1. The van der Waals surface area contributed by atoms with E-state index in [0.29, 0.717) is 4.80 Å². The SMILES string of the molecule is Cc1cc(C)c2sc(=NC(=O)c3cc([N+](=O)[O-])ccc3Cl)n(C)c2c1. The van der Waals surface area contributed by atoms with Gasteiger partial charge in [-0.25, -0.2) is 0 Å². The molecule has 128 valence electrons. The third kappa shape index (κ3) is 3.20. The number of thiazole rings is 1. The van der Waals surface area contributed by atoms with Gasteiger partial charge in [0, 0.05) is 19.2 Å². The summed E-state index contributed by atoms with van der Waals surface area (Å²) in [6, 6.07) is 7.84. The number of carbonyl (C=O) groups excluding carboxylic acids is 1. The molecule has 3 aromatic rings. The molecule has 0 spiro atoms. The molecule has 0 bridgehead atoms. The lowest BCUT2D eigenvalue weighted by molar-refractivity contribution is -0.384. The summed E-state index contributed by atoms with van der Waals surface area (Å²) in [5.41, 5.74) is 3.03. The second kappa shape index (κ2) is 6.42. The summed E-state index contributed by atoms with van der Waals surface area (Å²) in [6.07, 6.45) is 0. The minimum atomic E-state index is -0.606. The zero-order chi connectivity index (χ0) is 18.3.